The maximum atomic E-state index is 11.2. The van der Waals surface area contributed by atoms with E-state index in [1.165, 1.54) is 0 Å². The summed E-state index contributed by atoms with van der Waals surface area (Å²) in [5.74, 6) is 0.0680. The van der Waals surface area contributed by atoms with Crippen LogP contribution in [0.5, 0.6) is 0 Å². The molecule has 0 bridgehead atoms. The van der Waals surface area contributed by atoms with Crippen molar-refractivity contribution in [1.82, 2.24) is 9.44 Å². The Kier molecular flexibility index (Phi) is 5.46. The molecule has 0 amide bonds. The van der Waals surface area contributed by atoms with Crippen LogP contribution in [-0.2, 0) is 10.2 Å². The molecule has 0 aromatic rings. The highest BCUT2D eigenvalue weighted by molar-refractivity contribution is 7.87. The molecule has 0 radical (unpaired) electrons. The third-order valence-electron chi connectivity index (χ3n) is 1.64. The van der Waals surface area contributed by atoms with Crippen LogP contribution in [0.15, 0.2) is 0 Å². The molecule has 0 rings (SSSR count). The van der Waals surface area contributed by atoms with Crippen molar-refractivity contribution < 1.29 is 13.5 Å². The molecule has 0 spiro atoms. The van der Waals surface area contributed by atoms with E-state index in [1.807, 2.05) is 13.8 Å². The van der Waals surface area contributed by atoms with E-state index in [1.54, 1.807) is 6.92 Å². The largest absolute Gasteiger partial charge is 0.395 e. The van der Waals surface area contributed by atoms with Crippen LogP contribution in [0.25, 0.3) is 0 Å². The van der Waals surface area contributed by atoms with E-state index < -0.39 is 16.3 Å². The fourth-order valence-electron chi connectivity index (χ4n) is 0.815. The molecule has 0 saturated carbocycles. The van der Waals surface area contributed by atoms with Gasteiger partial charge in [-0.15, -0.1) is 0 Å². The highest BCUT2D eigenvalue weighted by Crippen LogP contribution is 2.01. The van der Waals surface area contributed by atoms with E-state index in [0.29, 0.717) is 6.54 Å². The number of aliphatic hydroxyl groups is 1. The van der Waals surface area contributed by atoms with Crippen LogP contribution < -0.4 is 9.44 Å². The fraction of sp³-hybridized carbons (Fsp3) is 1.00. The van der Waals surface area contributed by atoms with E-state index >= 15 is 0 Å². The van der Waals surface area contributed by atoms with E-state index in [-0.39, 0.29) is 12.5 Å². The summed E-state index contributed by atoms with van der Waals surface area (Å²) in [6.07, 6.45) is 0. The zero-order valence-electron chi connectivity index (χ0n) is 8.24. The van der Waals surface area contributed by atoms with Crippen LogP contribution >= 0.6 is 0 Å². The summed E-state index contributed by atoms with van der Waals surface area (Å²) in [6, 6.07) is -0.427. The Morgan fingerprint density at radius 2 is 1.92 bits per heavy atom. The van der Waals surface area contributed by atoms with Gasteiger partial charge in [0, 0.05) is 12.6 Å². The second kappa shape index (κ2) is 5.54. The van der Waals surface area contributed by atoms with Crippen molar-refractivity contribution in [2.24, 2.45) is 5.92 Å². The average molecular weight is 210 g/mol. The van der Waals surface area contributed by atoms with Gasteiger partial charge in [0.1, 0.15) is 0 Å². The van der Waals surface area contributed by atoms with Crippen LogP contribution in [0.1, 0.15) is 20.8 Å². The summed E-state index contributed by atoms with van der Waals surface area (Å²) < 4.78 is 27.0. The van der Waals surface area contributed by atoms with Crippen LogP contribution in [0.3, 0.4) is 0 Å². The molecule has 0 aliphatic carbocycles. The second-order valence-corrected chi connectivity index (χ2v) is 4.68. The highest BCUT2D eigenvalue weighted by Gasteiger charge is 2.18. The minimum atomic E-state index is -3.45. The average Bonchev–Trinajstić information content (AvgIpc) is 1.99. The molecule has 13 heavy (non-hydrogen) atoms. The molecule has 0 fully saturated rings. The van der Waals surface area contributed by atoms with Gasteiger partial charge in [0.15, 0.2) is 0 Å². The maximum absolute atomic E-state index is 11.2. The molecule has 0 aromatic carbocycles. The molecule has 0 saturated heterocycles. The molecular formula is C7H18N2O3S. The summed E-state index contributed by atoms with van der Waals surface area (Å²) in [4.78, 5) is 0. The van der Waals surface area contributed by atoms with Crippen LogP contribution in [0, 0.1) is 5.92 Å². The quantitative estimate of drug-likeness (QED) is 0.550. The maximum Gasteiger partial charge on any atom is 0.277 e. The standard InChI is InChI=1S/C7H18N2O3S/c1-4-8-13(11,12)9-7(5-10)6(2)3/h6-10H,4-5H2,1-3H3. The van der Waals surface area contributed by atoms with E-state index in [2.05, 4.69) is 9.44 Å². The lowest BCUT2D eigenvalue weighted by Gasteiger charge is -2.19. The van der Waals surface area contributed by atoms with Crippen molar-refractivity contribution in [1.29, 1.82) is 0 Å². The smallest absolute Gasteiger partial charge is 0.277 e. The van der Waals surface area contributed by atoms with Gasteiger partial charge in [-0.2, -0.15) is 13.1 Å². The van der Waals surface area contributed by atoms with Gasteiger partial charge in [0.25, 0.3) is 10.2 Å². The molecule has 80 valence electrons. The van der Waals surface area contributed by atoms with Gasteiger partial charge >= 0.3 is 0 Å². The summed E-state index contributed by atoms with van der Waals surface area (Å²) in [5.41, 5.74) is 0. The molecule has 0 aliphatic rings. The van der Waals surface area contributed by atoms with Gasteiger partial charge < -0.3 is 5.11 Å². The minimum Gasteiger partial charge on any atom is -0.395 e. The number of aliphatic hydroxyl groups excluding tert-OH is 1. The monoisotopic (exact) mass is 210 g/mol. The molecule has 0 heterocycles. The van der Waals surface area contributed by atoms with Crippen molar-refractivity contribution in [3.05, 3.63) is 0 Å². The summed E-state index contributed by atoms with van der Waals surface area (Å²) in [5, 5.41) is 8.87. The highest BCUT2D eigenvalue weighted by atomic mass is 32.2. The first-order valence-corrected chi connectivity index (χ1v) is 5.79. The molecular weight excluding hydrogens is 192 g/mol. The van der Waals surface area contributed by atoms with Crippen molar-refractivity contribution in [2.45, 2.75) is 26.8 Å². The predicted molar refractivity (Wildman–Crippen MR) is 51.4 cm³/mol. The van der Waals surface area contributed by atoms with Crippen LogP contribution in [0.2, 0.25) is 0 Å². The predicted octanol–water partition coefficient (Wildman–Crippen LogP) is -0.553. The van der Waals surface area contributed by atoms with Gasteiger partial charge in [-0.05, 0) is 5.92 Å². The molecule has 1 atom stereocenters. The molecule has 1 unspecified atom stereocenters. The second-order valence-electron chi connectivity index (χ2n) is 3.15. The lowest BCUT2D eigenvalue weighted by molar-refractivity contribution is 0.227. The molecule has 0 aliphatic heterocycles. The first-order valence-electron chi connectivity index (χ1n) is 4.30. The summed E-state index contributed by atoms with van der Waals surface area (Å²) in [7, 11) is -3.45. The molecule has 0 aromatic heterocycles. The summed E-state index contributed by atoms with van der Waals surface area (Å²) in [6.45, 7) is 5.53. The Bertz CT molecular complexity index is 226. The number of rotatable bonds is 6. The van der Waals surface area contributed by atoms with Crippen LogP contribution in [-0.4, -0.2) is 32.7 Å². The van der Waals surface area contributed by atoms with Gasteiger partial charge in [-0.1, -0.05) is 20.8 Å². The zero-order chi connectivity index (χ0) is 10.5. The molecule has 3 N–H and O–H groups in total. The Morgan fingerprint density at radius 1 is 1.38 bits per heavy atom. The minimum absolute atomic E-state index is 0.0680. The van der Waals surface area contributed by atoms with Crippen molar-refractivity contribution in [2.75, 3.05) is 13.2 Å². The van der Waals surface area contributed by atoms with Crippen molar-refractivity contribution in [3.63, 3.8) is 0 Å². The number of hydrogen-bond acceptors (Lipinski definition) is 3. The zero-order valence-corrected chi connectivity index (χ0v) is 9.06. The van der Waals surface area contributed by atoms with Gasteiger partial charge in [0.05, 0.1) is 6.61 Å². The van der Waals surface area contributed by atoms with Gasteiger partial charge in [0.2, 0.25) is 0 Å². The normalized spacial score (nSPS) is 14.8. The van der Waals surface area contributed by atoms with E-state index in [4.69, 9.17) is 5.11 Å². The van der Waals surface area contributed by atoms with Gasteiger partial charge in [-0.3, -0.25) is 0 Å². The lowest BCUT2D eigenvalue weighted by Crippen LogP contribution is -2.46. The van der Waals surface area contributed by atoms with E-state index in [0.717, 1.165) is 0 Å². The Balaban J connectivity index is 4.23. The third kappa shape index (κ3) is 5.20. The SMILES string of the molecule is CCNS(=O)(=O)NC(CO)C(C)C. The number of nitrogens with one attached hydrogen (secondary N) is 2. The van der Waals surface area contributed by atoms with E-state index in [9.17, 15) is 8.42 Å². The lowest BCUT2D eigenvalue weighted by atomic mass is 10.1. The molecule has 5 nitrogen and oxygen atoms in total. The third-order valence-corrected chi connectivity index (χ3v) is 2.92. The summed E-state index contributed by atoms with van der Waals surface area (Å²) >= 11 is 0. The fourth-order valence-corrected chi connectivity index (χ4v) is 2.02. The topological polar surface area (TPSA) is 78.4 Å². The number of hydrogen-bond donors (Lipinski definition) is 3. The van der Waals surface area contributed by atoms with Crippen molar-refractivity contribution in [3.8, 4) is 0 Å². The Morgan fingerprint density at radius 3 is 2.23 bits per heavy atom. The Hall–Kier alpha value is -0.170. The molecule has 6 heteroatoms. The van der Waals surface area contributed by atoms with Crippen LogP contribution in [0.4, 0.5) is 0 Å². The Labute approximate surface area is 79.7 Å². The van der Waals surface area contributed by atoms with Gasteiger partial charge in [-0.25, -0.2) is 4.72 Å². The first-order chi connectivity index (χ1) is 5.93. The first kappa shape index (κ1) is 12.8. The van der Waals surface area contributed by atoms with Crippen molar-refractivity contribution >= 4 is 10.2 Å².